The van der Waals surface area contributed by atoms with E-state index in [0.29, 0.717) is 19.8 Å². The first-order valence-corrected chi connectivity index (χ1v) is 7.35. The summed E-state index contributed by atoms with van der Waals surface area (Å²) in [6.07, 6.45) is 2.50. The van der Waals surface area contributed by atoms with Gasteiger partial charge in [0.15, 0.2) is 0 Å². The van der Waals surface area contributed by atoms with Gasteiger partial charge in [0.05, 0.1) is 19.8 Å². The van der Waals surface area contributed by atoms with Crippen LogP contribution < -0.4 is 10.5 Å². The lowest BCUT2D eigenvalue weighted by Gasteiger charge is -2.14. The van der Waals surface area contributed by atoms with Gasteiger partial charge in [0.25, 0.3) is 0 Å². The third-order valence-corrected chi connectivity index (χ3v) is 3.59. The normalized spacial score (nSPS) is 14.9. The van der Waals surface area contributed by atoms with E-state index in [4.69, 9.17) is 31.5 Å². The number of benzene rings is 1. The van der Waals surface area contributed by atoms with Gasteiger partial charge in [0.1, 0.15) is 5.75 Å². The quantitative estimate of drug-likeness (QED) is 0.748. The highest BCUT2D eigenvalue weighted by Crippen LogP contribution is 2.33. The Bertz CT molecular complexity index is 439. The summed E-state index contributed by atoms with van der Waals surface area (Å²) in [5.41, 5.74) is 8.45. The lowest BCUT2D eigenvalue weighted by atomic mass is 10.0. The number of ether oxygens (including phenoxy) is 3. The van der Waals surface area contributed by atoms with Gasteiger partial charge in [0.2, 0.25) is 0 Å². The van der Waals surface area contributed by atoms with Crippen LogP contribution in [0.5, 0.6) is 5.75 Å². The molecule has 0 amide bonds. The van der Waals surface area contributed by atoms with Gasteiger partial charge in [-0.15, -0.1) is 0 Å². The molecule has 112 valence electrons. The fraction of sp³-hybridized carbons (Fsp3) is 0.600. The van der Waals surface area contributed by atoms with Crippen molar-refractivity contribution in [3.63, 3.8) is 0 Å². The molecule has 1 aliphatic heterocycles. The Hall–Kier alpha value is -0.810. The standard InChI is InChI=1S/C15H22ClNO3/c1-18-6-7-19-4-3-14(17)10-12-9-13(16)8-11-2-5-20-15(11)12/h8-9,14H,2-7,10,17H2,1H3. The fourth-order valence-corrected chi connectivity index (χ4v) is 2.62. The monoisotopic (exact) mass is 299 g/mol. The second kappa shape index (κ2) is 7.84. The van der Waals surface area contributed by atoms with Crippen LogP contribution in [-0.4, -0.2) is 39.6 Å². The van der Waals surface area contributed by atoms with Crippen LogP contribution in [0, 0.1) is 0 Å². The van der Waals surface area contributed by atoms with Crippen LogP contribution in [0.2, 0.25) is 5.02 Å². The van der Waals surface area contributed by atoms with Gasteiger partial charge in [-0.25, -0.2) is 0 Å². The molecule has 2 rings (SSSR count). The van der Waals surface area contributed by atoms with Gasteiger partial charge >= 0.3 is 0 Å². The largest absolute Gasteiger partial charge is 0.493 e. The number of hydrogen-bond donors (Lipinski definition) is 1. The van der Waals surface area contributed by atoms with Crippen LogP contribution in [0.4, 0.5) is 0 Å². The molecular weight excluding hydrogens is 278 g/mol. The third kappa shape index (κ3) is 4.35. The molecule has 0 spiro atoms. The van der Waals surface area contributed by atoms with E-state index in [9.17, 15) is 0 Å². The Morgan fingerprint density at radius 2 is 2.20 bits per heavy atom. The highest BCUT2D eigenvalue weighted by molar-refractivity contribution is 6.30. The summed E-state index contributed by atoms with van der Waals surface area (Å²) >= 11 is 6.14. The number of hydrogen-bond acceptors (Lipinski definition) is 4. The number of halogens is 1. The van der Waals surface area contributed by atoms with Crippen LogP contribution in [0.25, 0.3) is 0 Å². The molecule has 1 aromatic carbocycles. The van der Waals surface area contributed by atoms with E-state index in [-0.39, 0.29) is 6.04 Å². The molecule has 2 N–H and O–H groups in total. The summed E-state index contributed by atoms with van der Waals surface area (Å²) in [4.78, 5) is 0. The minimum Gasteiger partial charge on any atom is -0.493 e. The van der Waals surface area contributed by atoms with Gasteiger partial charge in [-0.2, -0.15) is 0 Å². The van der Waals surface area contributed by atoms with Crippen molar-refractivity contribution in [3.05, 3.63) is 28.3 Å². The molecule has 0 saturated heterocycles. The minimum atomic E-state index is 0.0457. The van der Waals surface area contributed by atoms with E-state index in [1.807, 2.05) is 12.1 Å². The van der Waals surface area contributed by atoms with Crippen molar-refractivity contribution in [1.29, 1.82) is 0 Å². The molecule has 1 aliphatic rings. The van der Waals surface area contributed by atoms with Crippen molar-refractivity contribution < 1.29 is 14.2 Å². The van der Waals surface area contributed by atoms with E-state index in [1.54, 1.807) is 7.11 Å². The molecule has 1 heterocycles. The van der Waals surface area contributed by atoms with Crippen molar-refractivity contribution in [1.82, 2.24) is 0 Å². The van der Waals surface area contributed by atoms with Crippen molar-refractivity contribution in [3.8, 4) is 5.75 Å². The maximum absolute atomic E-state index is 6.15. The molecule has 0 aliphatic carbocycles. The minimum absolute atomic E-state index is 0.0457. The lowest BCUT2D eigenvalue weighted by Crippen LogP contribution is -2.25. The number of nitrogens with two attached hydrogens (primary N) is 1. The van der Waals surface area contributed by atoms with Crippen molar-refractivity contribution in [2.24, 2.45) is 5.73 Å². The van der Waals surface area contributed by atoms with Gasteiger partial charge in [-0.1, -0.05) is 11.6 Å². The van der Waals surface area contributed by atoms with Crippen LogP contribution in [0.1, 0.15) is 17.5 Å². The van der Waals surface area contributed by atoms with Gasteiger partial charge in [0, 0.05) is 31.2 Å². The molecular formula is C15H22ClNO3. The molecule has 0 aromatic heterocycles. The first-order chi connectivity index (χ1) is 9.70. The predicted octanol–water partition coefficient (Wildman–Crippen LogP) is 2.20. The lowest BCUT2D eigenvalue weighted by molar-refractivity contribution is 0.0672. The molecule has 0 radical (unpaired) electrons. The zero-order valence-corrected chi connectivity index (χ0v) is 12.6. The summed E-state index contributed by atoms with van der Waals surface area (Å²) in [7, 11) is 1.66. The number of fused-ring (bicyclic) bond motifs is 1. The average molecular weight is 300 g/mol. The second-order valence-electron chi connectivity index (χ2n) is 5.01. The summed E-state index contributed by atoms with van der Waals surface area (Å²) in [5.74, 6) is 0.977. The maximum Gasteiger partial charge on any atom is 0.125 e. The van der Waals surface area contributed by atoms with E-state index >= 15 is 0 Å². The molecule has 1 aromatic rings. The fourth-order valence-electron chi connectivity index (χ4n) is 2.36. The van der Waals surface area contributed by atoms with Crippen molar-refractivity contribution in [2.75, 3.05) is 33.5 Å². The zero-order valence-electron chi connectivity index (χ0n) is 11.9. The van der Waals surface area contributed by atoms with E-state index in [1.165, 1.54) is 5.56 Å². The Morgan fingerprint density at radius 3 is 3.00 bits per heavy atom. The van der Waals surface area contributed by atoms with Crippen molar-refractivity contribution in [2.45, 2.75) is 25.3 Å². The summed E-state index contributed by atoms with van der Waals surface area (Å²) in [6, 6.07) is 3.98. The molecule has 0 saturated carbocycles. The van der Waals surface area contributed by atoms with Gasteiger partial charge in [-0.05, 0) is 36.1 Å². The Balaban J connectivity index is 1.84. The Morgan fingerprint density at radius 1 is 1.35 bits per heavy atom. The van der Waals surface area contributed by atoms with E-state index in [0.717, 1.165) is 42.2 Å². The summed E-state index contributed by atoms with van der Waals surface area (Å²) < 4.78 is 16.0. The van der Waals surface area contributed by atoms with Crippen LogP contribution >= 0.6 is 11.6 Å². The van der Waals surface area contributed by atoms with Gasteiger partial charge in [-0.3, -0.25) is 0 Å². The first-order valence-electron chi connectivity index (χ1n) is 6.97. The topological polar surface area (TPSA) is 53.7 Å². The average Bonchev–Trinajstić information content (AvgIpc) is 2.86. The SMILES string of the molecule is COCCOCCC(N)Cc1cc(Cl)cc2c1OCC2. The van der Waals surface area contributed by atoms with E-state index < -0.39 is 0 Å². The van der Waals surface area contributed by atoms with E-state index in [2.05, 4.69) is 0 Å². The Kier molecular flexibility index (Phi) is 6.10. The highest BCUT2D eigenvalue weighted by Gasteiger charge is 2.19. The zero-order chi connectivity index (χ0) is 14.4. The van der Waals surface area contributed by atoms with Crippen molar-refractivity contribution >= 4 is 11.6 Å². The molecule has 20 heavy (non-hydrogen) atoms. The Labute approximate surface area is 125 Å². The molecule has 0 bridgehead atoms. The third-order valence-electron chi connectivity index (χ3n) is 3.37. The molecule has 1 unspecified atom stereocenters. The van der Waals surface area contributed by atoms with Crippen LogP contribution in [0.15, 0.2) is 12.1 Å². The smallest absolute Gasteiger partial charge is 0.125 e. The molecule has 5 heteroatoms. The summed E-state index contributed by atoms with van der Waals surface area (Å²) in [6.45, 7) is 2.61. The van der Waals surface area contributed by atoms with Crippen LogP contribution in [-0.2, 0) is 22.3 Å². The first kappa shape index (κ1) is 15.6. The van der Waals surface area contributed by atoms with Gasteiger partial charge < -0.3 is 19.9 Å². The molecule has 0 fully saturated rings. The predicted molar refractivity (Wildman–Crippen MR) is 79.6 cm³/mol. The maximum atomic E-state index is 6.15. The number of methoxy groups -OCH3 is 1. The molecule has 4 nitrogen and oxygen atoms in total. The highest BCUT2D eigenvalue weighted by atomic mass is 35.5. The van der Waals surface area contributed by atoms with Crippen LogP contribution in [0.3, 0.4) is 0 Å². The number of rotatable bonds is 8. The summed E-state index contributed by atoms with van der Waals surface area (Å²) in [5, 5.41) is 0.757. The molecule has 1 atom stereocenters. The second-order valence-corrected chi connectivity index (χ2v) is 5.45.